The molecule has 0 saturated heterocycles. The first-order valence-electron chi connectivity index (χ1n) is 6.13. The summed E-state index contributed by atoms with van der Waals surface area (Å²) in [6.45, 7) is 0. The molecule has 0 aromatic heterocycles. The van der Waals surface area contributed by atoms with E-state index in [4.69, 9.17) is 11.6 Å². The third kappa shape index (κ3) is 3.82. The molecule has 0 aliphatic rings. The van der Waals surface area contributed by atoms with Crippen LogP contribution < -0.4 is 10.0 Å². The van der Waals surface area contributed by atoms with Crippen molar-refractivity contribution >= 4 is 33.2 Å². The van der Waals surface area contributed by atoms with Gasteiger partial charge in [-0.15, -0.1) is 0 Å². The van der Waals surface area contributed by atoms with Gasteiger partial charge in [0, 0.05) is 16.3 Å². The largest absolute Gasteiger partial charge is 0.322 e. The van der Waals surface area contributed by atoms with E-state index in [2.05, 4.69) is 10.0 Å². The molecule has 2 N–H and O–H groups in total. The average Bonchev–Trinajstić information content (AvgIpc) is 2.46. The first-order chi connectivity index (χ1) is 10.3. The first-order valence-corrected chi connectivity index (χ1v) is 7.99. The molecule has 5 nitrogen and oxygen atoms in total. The van der Waals surface area contributed by atoms with Crippen LogP contribution in [0.2, 0.25) is 5.02 Å². The average molecular weight is 343 g/mol. The summed E-state index contributed by atoms with van der Waals surface area (Å²) >= 11 is 5.70. The zero-order valence-electron chi connectivity index (χ0n) is 11.4. The van der Waals surface area contributed by atoms with Crippen LogP contribution in [0.3, 0.4) is 0 Å². The molecule has 2 aromatic rings. The van der Waals surface area contributed by atoms with Gasteiger partial charge in [-0.1, -0.05) is 11.6 Å². The van der Waals surface area contributed by atoms with Crippen molar-refractivity contribution in [2.24, 2.45) is 0 Å². The zero-order valence-corrected chi connectivity index (χ0v) is 13.0. The molecule has 0 aliphatic carbocycles. The minimum absolute atomic E-state index is 0.0420. The standard InChI is InChI=1S/C14H12ClFN2O3S/c1-17-22(20,21)13-4-2-9(3-5-13)14(19)18-12-7-10(15)6-11(16)8-12/h2-8,17H,1H3,(H,18,19). The predicted molar refractivity (Wildman–Crippen MR) is 82.1 cm³/mol. The number of sulfonamides is 1. The molecular formula is C14H12ClFN2O3S. The number of carbonyl (C=O) groups is 1. The van der Waals surface area contributed by atoms with E-state index < -0.39 is 21.7 Å². The van der Waals surface area contributed by atoms with Crippen molar-refractivity contribution in [3.63, 3.8) is 0 Å². The Morgan fingerprint density at radius 3 is 2.32 bits per heavy atom. The highest BCUT2D eigenvalue weighted by molar-refractivity contribution is 7.89. The van der Waals surface area contributed by atoms with E-state index >= 15 is 0 Å². The summed E-state index contributed by atoms with van der Waals surface area (Å²) in [4.78, 5) is 12.1. The molecule has 2 aromatic carbocycles. The third-order valence-corrected chi connectivity index (χ3v) is 4.46. The monoisotopic (exact) mass is 342 g/mol. The second-order valence-electron chi connectivity index (χ2n) is 4.34. The van der Waals surface area contributed by atoms with Crippen molar-refractivity contribution in [2.75, 3.05) is 12.4 Å². The zero-order chi connectivity index (χ0) is 16.3. The lowest BCUT2D eigenvalue weighted by Crippen LogP contribution is -2.19. The summed E-state index contributed by atoms with van der Waals surface area (Å²) in [6.07, 6.45) is 0. The van der Waals surface area contributed by atoms with Gasteiger partial charge in [0.05, 0.1) is 4.90 Å². The quantitative estimate of drug-likeness (QED) is 0.897. The summed E-state index contributed by atoms with van der Waals surface area (Å²) in [6, 6.07) is 8.99. The minimum Gasteiger partial charge on any atom is -0.322 e. The highest BCUT2D eigenvalue weighted by Crippen LogP contribution is 2.19. The molecule has 0 atom stereocenters. The number of rotatable bonds is 4. The molecule has 0 radical (unpaired) electrons. The molecule has 0 spiro atoms. The van der Waals surface area contributed by atoms with Crippen LogP contribution in [-0.2, 0) is 10.0 Å². The summed E-state index contributed by atoms with van der Waals surface area (Å²) in [7, 11) is -2.26. The summed E-state index contributed by atoms with van der Waals surface area (Å²) in [5.41, 5.74) is 0.442. The van der Waals surface area contributed by atoms with Gasteiger partial charge in [-0.05, 0) is 49.5 Å². The smallest absolute Gasteiger partial charge is 0.255 e. The maximum Gasteiger partial charge on any atom is 0.255 e. The van der Waals surface area contributed by atoms with E-state index in [0.29, 0.717) is 0 Å². The fraction of sp³-hybridized carbons (Fsp3) is 0.0714. The molecule has 0 bridgehead atoms. The summed E-state index contributed by atoms with van der Waals surface area (Å²) in [5.74, 6) is -1.08. The Morgan fingerprint density at radius 2 is 1.77 bits per heavy atom. The molecule has 0 saturated carbocycles. The SMILES string of the molecule is CNS(=O)(=O)c1ccc(C(=O)Nc2cc(F)cc(Cl)c2)cc1. The van der Waals surface area contributed by atoms with Gasteiger partial charge in [0.15, 0.2) is 0 Å². The molecule has 2 rings (SSSR count). The van der Waals surface area contributed by atoms with E-state index in [1.54, 1.807) is 0 Å². The van der Waals surface area contributed by atoms with E-state index in [9.17, 15) is 17.6 Å². The molecule has 0 heterocycles. The van der Waals surface area contributed by atoms with Crippen molar-refractivity contribution in [1.29, 1.82) is 0 Å². The van der Waals surface area contributed by atoms with Crippen LogP contribution in [0.15, 0.2) is 47.4 Å². The Hall–Kier alpha value is -1.96. The number of benzene rings is 2. The first kappa shape index (κ1) is 16.4. The number of carbonyl (C=O) groups excluding carboxylic acids is 1. The van der Waals surface area contributed by atoms with Gasteiger partial charge in [0.1, 0.15) is 5.82 Å². The van der Waals surface area contributed by atoms with Crippen molar-refractivity contribution in [3.8, 4) is 0 Å². The predicted octanol–water partition coefficient (Wildman–Crippen LogP) is 2.64. The van der Waals surface area contributed by atoms with Crippen LogP contribution in [0.4, 0.5) is 10.1 Å². The maximum absolute atomic E-state index is 13.2. The number of halogens is 2. The molecule has 116 valence electrons. The molecule has 1 amide bonds. The Morgan fingerprint density at radius 1 is 1.14 bits per heavy atom. The molecular weight excluding hydrogens is 331 g/mol. The highest BCUT2D eigenvalue weighted by Gasteiger charge is 2.13. The lowest BCUT2D eigenvalue weighted by Gasteiger charge is -2.07. The topological polar surface area (TPSA) is 75.3 Å². The van der Waals surface area contributed by atoms with E-state index in [-0.39, 0.29) is 21.2 Å². The van der Waals surface area contributed by atoms with Crippen molar-refractivity contribution in [3.05, 3.63) is 58.9 Å². The molecule has 8 heteroatoms. The number of nitrogens with one attached hydrogen (secondary N) is 2. The van der Waals surface area contributed by atoms with Gasteiger partial charge in [0.25, 0.3) is 5.91 Å². The normalized spacial score (nSPS) is 11.2. The van der Waals surface area contributed by atoms with Crippen molar-refractivity contribution in [2.45, 2.75) is 4.90 Å². The van der Waals surface area contributed by atoms with Crippen molar-refractivity contribution in [1.82, 2.24) is 4.72 Å². The highest BCUT2D eigenvalue weighted by atomic mass is 35.5. The number of anilines is 1. The Labute approximate surface area is 132 Å². The second kappa shape index (κ2) is 6.43. The van der Waals surface area contributed by atoms with Gasteiger partial charge in [-0.2, -0.15) is 0 Å². The molecule has 0 aliphatic heterocycles. The van der Waals surface area contributed by atoms with Gasteiger partial charge < -0.3 is 5.32 Å². The second-order valence-corrected chi connectivity index (χ2v) is 6.67. The van der Waals surface area contributed by atoms with E-state index in [1.807, 2.05) is 0 Å². The number of amides is 1. The number of hydrogen-bond acceptors (Lipinski definition) is 3. The van der Waals surface area contributed by atoms with Crippen LogP contribution in [-0.4, -0.2) is 21.4 Å². The van der Waals surface area contributed by atoms with Gasteiger partial charge in [-0.25, -0.2) is 17.5 Å². The third-order valence-electron chi connectivity index (χ3n) is 2.82. The Kier molecular flexibility index (Phi) is 4.80. The fourth-order valence-electron chi connectivity index (χ4n) is 1.73. The van der Waals surface area contributed by atoms with Crippen LogP contribution in [0.1, 0.15) is 10.4 Å². The minimum atomic E-state index is -3.56. The summed E-state index contributed by atoms with van der Waals surface area (Å²) in [5, 5.41) is 2.64. The Balaban J connectivity index is 2.20. The van der Waals surface area contributed by atoms with E-state index in [1.165, 1.54) is 37.4 Å². The van der Waals surface area contributed by atoms with Gasteiger partial charge in [0.2, 0.25) is 10.0 Å². The molecule has 0 fully saturated rings. The van der Waals surface area contributed by atoms with Gasteiger partial charge in [-0.3, -0.25) is 4.79 Å². The Bertz CT molecular complexity index is 787. The van der Waals surface area contributed by atoms with Crippen LogP contribution in [0.25, 0.3) is 0 Å². The fourth-order valence-corrected chi connectivity index (χ4v) is 2.68. The lowest BCUT2D eigenvalue weighted by atomic mass is 10.2. The lowest BCUT2D eigenvalue weighted by molar-refractivity contribution is 0.102. The van der Waals surface area contributed by atoms with Gasteiger partial charge >= 0.3 is 0 Å². The van der Waals surface area contributed by atoms with Crippen LogP contribution >= 0.6 is 11.6 Å². The summed E-state index contributed by atoms with van der Waals surface area (Å²) < 4.78 is 38.5. The number of hydrogen-bond donors (Lipinski definition) is 2. The molecule has 22 heavy (non-hydrogen) atoms. The van der Waals surface area contributed by atoms with Crippen molar-refractivity contribution < 1.29 is 17.6 Å². The maximum atomic E-state index is 13.2. The van der Waals surface area contributed by atoms with Crippen LogP contribution in [0, 0.1) is 5.82 Å². The van der Waals surface area contributed by atoms with Crippen LogP contribution in [0.5, 0.6) is 0 Å². The molecule has 0 unspecified atom stereocenters. The van der Waals surface area contributed by atoms with E-state index in [0.717, 1.165) is 12.1 Å².